The second-order valence-corrected chi connectivity index (χ2v) is 5.64. The minimum absolute atomic E-state index is 0.508. The van der Waals surface area contributed by atoms with Crippen molar-refractivity contribution in [1.82, 2.24) is 0 Å². The molecule has 3 heteroatoms. The molecule has 0 fully saturated rings. The average molecular weight is 288 g/mol. The molecule has 3 nitrogen and oxygen atoms in total. The lowest BCUT2D eigenvalue weighted by molar-refractivity contribution is 0.313. The number of benzene rings is 1. The van der Waals surface area contributed by atoms with Gasteiger partial charge in [0, 0.05) is 24.2 Å². The lowest BCUT2D eigenvalue weighted by atomic mass is 9.97. The molecular weight excluding hydrogens is 260 g/mol. The third kappa shape index (κ3) is 7.04. The fraction of sp³-hybridized carbons (Fsp3) is 0.611. The molecule has 1 aromatic rings. The molecule has 21 heavy (non-hydrogen) atoms. The highest BCUT2D eigenvalue weighted by atomic mass is 16.5. The molecule has 0 heterocycles. The molecule has 1 N–H and O–H groups in total. The summed E-state index contributed by atoms with van der Waals surface area (Å²) in [6.07, 6.45) is 4.86. The van der Waals surface area contributed by atoms with Crippen LogP contribution in [-0.2, 0) is 0 Å². The molecule has 0 aliphatic carbocycles. The quantitative estimate of drug-likeness (QED) is 0.616. The number of ether oxygens (including phenoxy) is 1. The van der Waals surface area contributed by atoms with E-state index in [1.165, 1.54) is 12.8 Å². The van der Waals surface area contributed by atoms with E-state index in [4.69, 9.17) is 10.00 Å². The Kier molecular flexibility index (Phi) is 8.35. The van der Waals surface area contributed by atoms with Crippen LogP contribution in [0.5, 0.6) is 5.75 Å². The molecule has 1 aromatic carbocycles. The van der Waals surface area contributed by atoms with E-state index >= 15 is 0 Å². The Balaban J connectivity index is 2.52. The third-order valence-corrected chi connectivity index (χ3v) is 3.78. The molecule has 0 radical (unpaired) electrons. The monoisotopic (exact) mass is 288 g/mol. The van der Waals surface area contributed by atoms with Crippen molar-refractivity contribution < 1.29 is 4.74 Å². The zero-order chi connectivity index (χ0) is 15.5. The predicted molar refractivity (Wildman–Crippen MR) is 88.6 cm³/mol. The molecule has 0 spiro atoms. The largest absolute Gasteiger partial charge is 0.493 e. The number of nitrogens with zero attached hydrogens (tertiary/aromatic N) is 1. The number of unbranched alkanes of at least 4 members (excludes halogenated alkanes) is 1. The van der Waals surface area contributed by atoms with E-state index < -0.39 is 0 Å². The van der Waals surface area contributed by atoms with Gasteiger partial charge in [0.25, 0.3) is 0 Å². The van der Waals surface area contributed by atoms with E-state index in [2.05, 4.69) is 38.2 Å². The molecule has 1 rings (SSSR count). The van der Waals surface area contributed by atoms with Gasteiger partial charge in [-0.15, -0.1) is 0 Å². The number of nitriles is 1. The number of anilines is 1. The summed E-state index contributed by atoms with van der Waals surface area (Å²) in [5.41, 5.74) is 1.11. The number of hydrogen-bond donors (Lipinski definition) is 1. The maximum absolute atomic E-state index is 8.51. The molecule has 2 unspecified atom stereocenters. The van der Waals surface area contributed by atoms with Gasteiger partial charge in [-0.2, -0.15) is 5.26 Å². The van der Waals surface area contributed by atoms with Crippen LogP contribution in [0.25, 0.3) is 0 Å². The number of nitrogens with one attached hydrogen (secondary N) is 1. The van der Waals surface area contributed by atoms with Gasteiger partial charge in [0.05, 0.1) is 12.7 Å². The summed E-state index contributed by atoms with van der Waals surface area (Å²) < 4.78 is 5.68. The second kappa shape index (κ2) is 10.1. The Hall–Kier alpha value is -1.69. The topological polar surface area (TPSA) is 45.0 Å². The Morgan fingerprint density at radius 2 is 2.10 bits per heavy atom. The first-order valence-corrected chi connectivity index (χ1v) is 8.05. The lowest BCUT2D eigenvalue weighted by Gasteiger charge is -2.21. The molecule has 0 saturated carbocycles. The van der Waals surface area contributed by atoms with Crippen LogP contribution in [0.3, 0.4) is 0 Å². The summed E-state index contributed by atoms with van der Waals surface area (Å²) in [6.45, 7) is 7.37. The number of hydrogen-bond acceptors (Lipinski definition) is 3. The fourth-order valence-electron chi connectivity index (χ4n) is 2.23. The maximum atomic E-state index is 8.51. The van der Waals surface area contributed by atoms with Crippen molar-refractivity contribution in [3.63, 3.8) is 0 Å². The summed E-state index contributed by atoms with van der Waals surface area (Å²) in [6, 6.07) is 10.7. The standard InChI is InChI=1S/C18H28N2O/c1-4-15(3)13-16(5-2)20-17-9-8-10-18(14-17)21-12-7-6-11-19/h8-10,14-16,20H,4-7,12-13H2,1-3H3. The predicted octanol–water partition coefficient (Wildman–Crippen LogP) is 5.00. The highest BCUT2D eigenvalue weighted by Gasteiger charge is 2.10. The third-order valence-electron chi connectivity index (χ3n) is 3.78. The lowest BCUT2D eigenvalue weighted by Crippen LogP contribution is -2.21. The van der Waals surface area contributed by atoms with E-state index in [9.17, 15) is 0 Å². The SMILES string of the molecule is CCC(C)CC(CC)Nc1cccc(OCCCC#N)c1. The molecule has 0 aromatic heterocycles. The first-order valence-electron chi connectivity index (χ1n) is 8.05. The van der Waals surface area contributed by atoms with Crippen molar-refractivity contribution in [2.45, 2.75) is 58.9 Å². The van der Waals surface area contributed by atoms with Crippen LogP contribution < -0.4 is 10.1 Å². The van der Waals surface area contributed by atoms with Crippen molar-refractivity contribution in [2.24, 2.45) is 5.92 Å². The van der Waals surface area contributed by atoms with Gasteiger partial charge in [-0.1, -0.05) is 33.3 Å². The van der Waals surface area contributed by atoms with Crippen molar-refractivity contribution in [3.8, 4) is 11.8 Å². The van der Waals surface area contributed by atoms with Gasteiger partial charge in [-0.3, -0.25) is 0 Å². The minimum atomic E-state index is 0.508. The first kappa shape index (κ1) is 17.4. The average Bonchev–Trinajstić information content (AvgIpc) is 2.51. The Morgan fingerprint density at radius 1 is 1.29 bits per heavy atom. The van der Waals surface area contributed by atoms with Gasteiger partial charge in [0.1, 0.15) is 5.75 Å². The van der Waals surface area contributed by atoms with E-state index in [0.717, 1.165) is 30.2 Å². The van der Waals surface area contributed by atoms with E-state index in [1.807, 2.05) is 18.2 Å². The molecule has 0 amide bonds. The van der Waals surface area contributed by atoms with Gasteiger partial charge in [-0.25, -0.2) is 0 Å². The molecule has 0 saturated heterocycles. The van der Waals surface area contributed by atoms with Crippen LogP contribution in [0.4, 0.5) is 5.69 Å². The zero-order valence-corrected chi connectivity index (χ0v) is 13.6. The Bertz CT molecular complexity index is 439. The molecular formula is C18H28N2O. The Morgan fingerprint density at radius 3 is 2.76 bits per heavy atom. The van der Waals surface area contributed by atoms with E-state index in [-0.39, 0.29) is 0 Å². The summed E-state index contributed by atoms with van der Waals surface area (Å²) in [5.74, 6) is 1.61. The molecule has 0 bridgehead atoms. The van der Waals surface area contributed by atoms with Crippen LogP contribution in [0.2, 0.25) is 0 Å². The van der Waals surface area contributed by atoms with Crippen LogP contribution in [-0.4, -0.2) is 12.6 Å². The van der Waals surface area contributed by atoms with Crippen LogP contribution in [0.15, 0.2) is 24.3 Å². The fourth-order valence-corrected chi connectivity index (χ4v) is 2.23. The summed E-state index contributed by atoms with van der Waals surface area (Å²) in [7, 11) is 0. The molecule has 2 atom stereocenters. The minimum Gasteiger partial charge on any atom is -0.493 e. The zero-order valence-electron chi connectivity index (χ0n) is 13.6. The van der Waals surface area contributed by atoms with Crippen molar-refractivity contribution in [1.29, 1.82) is 5.26 Å². The molecule has 0 aliphatic heterocycles. The van der Waals surface area contributed by atoms with Gasteiger partial charge in [0.15, 0.2) is 0 Å². The summed E-state index contributed by atoms with van der Waals surface area (Å²) >= 11 is 0. The van der Waals surface area contributed by atoms with E-state index in [1.54, 1.807) is 0 Å². The summed E-state index contributed by atoms with van der Waals surface area (Å²) in [5, 5.41) is 12.1. The van der Waals surface area contributed by atoms with Crippen LogP contribution in [0, 0.1) is 17.2 Å². The normalized spacial score (nSPS) is 13.2. The van der Waals surface area contributed by atoms with Gasteiger partial charge >= 0.3 is 0 Å². The first-order chi connectivity index (χ1) is 10.2. The van der Waals surface area contributed by atoms with Crippen molar-refractivity contribution in [3.05, 3.63) is 24.3 Å². The molecule has 116 valence electrons. The van der Waals surface area contributed by atoms with Crippen molar-refractivity contribution >= 4 is 5.69 Å². The van der Waals surface area contributed by atoms with Crippen molar-refractivity contribution in [2.75, 3.05) is 11.9 Å². The second-order valence-electron chi connectivity index (χ2n) is 5.64. The van der Waals surface area contributed by atoms with E-state index in [0.29, 0.717) is 19.1 Å². The maximum Gasteiger partial charge on any atom is 0.121 e. The highest BCUT2D eigenvalue weighted by Crippen LogP contribution is 2.21. The molecule has 0 aliphatic rings. The summed E-state index contributed by atoms with van der Waals surface area (Å²) in [4.78, 5) is 0. The van der Waals surface area contributed by atoms with Crippen LogP contribution >= 0.6 is 0 Å². The highest BCUT2D eigenvalue weighted by molar-refractivity contribution is 5.48. The number of rotatable bonds is 10. The Labute approximate surface area is 129 Å². The van der Waals surface area contributed by atoms with Crippen LogP contribution in [0.1, 0.15) is 52.9 Å². The van der Waals surface area contributed by atoms with Gasteiger partial charge in [0.2, 0.25) is 0 Å². The van der Waals surface area contributed by atoms with Gasteiger partial charge in [-0.05, 0) is 37.3 Å². The van der Waals surface area contributed by atoms with Gasteiger partial charge < -0.3 is 10.1 Å². The smallest absolute Gasteiger partial charge is 0.121 e.